The number of rotatable bonds is 5. The van der Waals surface area contributed by atoms with Gasteiger partial charge >= 0.3 is 0 Å². The number of aliphatic imine (C=N–C) groups is 1. The zero-order valence-electron chi connectivity index (χ0n) is 13.4. The van der Waals surface area contributed by atoms with E-state index in [1.165, 1.54) is 24.8 Å². The number of nitrogen functional groups attached to an aromatic ring is 1. The zero-order chi connectivity index (χ0) is 18.0. The summed E-state index contributed by atoms with van der Waals surface area (Å²) in [4.78, 5) is 19.8. The third-order valence-corrected chi connectivity index (χ3v) is 4.40. The van der Waals surface area contributed by atoms with Gasteiger partial charge in [-0.2, -0.15) is 4.98 Å². The lowest BCUT2D eigenvalue weighted by atomic mass is 10.0. The van der Waals surface area contributed by atoms with Crippen LogP contribution in [-0.4, -0.2) is 23.5 Å². The molecule has 0 aliphatic heterocycles. The molecule has 3 aromatic rings. The predicted molar refractivity (Wildman–Crippen MR) is 97.6 cm³/mol. The van der Waals surface area contributed by atoms with Gasteiger partial charge in [0.05, 0.1) is 11.6 Å². The molecule has 0 bridgehead atoms. The maximum Gasteiger partial charge on any atom is 0.293 e. The van der Waals surface area contributed by atoms with Gasteiger partial charge in [0.15, 0.2) is 11.4 Å². The normalized spacial score (nSPS) is 10.8. The number of benzene rings is 2. The van der Waals surface area contributed by atoms with Gasteiger partial charge in [-0.15, -0.1) is 11.8 Å². The summed E-state index contributed by atoms with van der Waals surface area (Å²) in [6.45, 7) is 5.00. The number of carbonyl (C=O) groups is 1. The van der Waals surface area contributed by atoms with Crippen LogP contribution < -0.4 is 11.1 Å². The van der Waals surface area contributed by atoms with Crippen LogP contribution in [0.15, 0.2) is 44.6 Å². The van der Waals surface area contributed by atoms with E-state index in [0.717, 1.165) is 10.5 Å². The number of amides is 1. The molecule has 0 fully saturated rings. The summed E-state index contributed by atoms with van der Waals surface area (Å²) in [7, 11) is 0. The first kappa shape index (κ1) is 17.0. The van der Waals surface area contributed by atoms with E-state index in [1.54, 1.807) is 12.1 Å². The Balaban J connectivity index is 1.99. The van der Waals surface area contributed by atoms with E-state index in [9.17, 15) is 9.18 Å². The SMILES string of the molecule is C=Nc1ccc(-c2cc(F)c3oc(N)nc3c2)cc1SCNC(C)=O. The highest BCUT2D eigenvalue weighted by molar-refractivity contribution is 7.99. The first-order chi connectivity index (χ1) is 12.0. The first-order valence-corrected chi connectivity index (χ1v) is 8.30. The highest BCUT2D eigenvalue weighted by Crippen LogP contribution is 2.35. The highest BCUT2D eigenvalue weighted by Gasteiger charge is 2.13. The summed E-state index contributed by atoms with van der Waals surface area (Å²) in [6, 6.07) is 8.46. The van der Waals surface area contributed by atoms with Crippen LogP contribution in [0.2, 0.25) is 0 Å². The number of hydrogen-bond donors (Lipinski definition) is 2. The minimum Gasteiger partial charge on any atom is -0.421 e. The fourth-order valence-corrected chi connectivity index (χ4v) is 3.25. The van der Waals surface area contributed by atoms with Crippen molar-refractivity contribution in [3.8, 4) is 11.1 Å². The zero-order valence-corrected chi connectivity index (χ0v) is 14.2. The van der Waals surface area contributed by atoms with Crippen molar-refractivity contribution in [2.24, 2.45) is 4.99 Å². The molecule has 0 saturated heterocycles. The number of hydrogen-bond acceptors (Lipinski definition) is 6. The average molecular weight is 358 g/mol. The Hall–Kier alpha value is -2.87. The van der Waals surface area contributed by atoms with Gasteiger partial charge in [-0.25, -0.2) is 4.39 Å². The number of aromatic nitrogens is 1. The van der Waals surface area contributed by atoms with Crippen LogP contribution in [0.1, 0.15) is 6.92 Å². The van der Waals surface area contributed by atoms with Crippen molar-refractivity contribution in [1.82, 2.24) is 10.3 Å². The molecule has 0 atom stereocenters. The van der Waals surface area contributed by atoms with Crippen molar-refractivity contribution < 1.29 is 13.6 Å². The molecular weight excluding hydrogens is 343 g/mol. The number of nitrogens with one attached hydrogen (secondary N) is 1. The predicted octanol–water partition coefficient (Wildman–Crippen LogP) is 3.73. The Bertz CT molecular complexity index is 971. The van der Waals surface area contributed by atoms with Crippen LogP contribution in [0.5, 0.6) is 0 Å². The van der Waals surface area contributed by atoms with E-state index >= 15 is 0 Å². The van der Waals surface area contributed by atoms with Crippen LogP contribution in [0, 0.1) is 5.82 Å². The molecule has 0 spiro atoms. The Morgan fingerprint density at radius 2 is 2.20 bits per heavy atom. The molecule has 2 aromatic carbocycles. The number of thioether (sulfide) groups is 1. The molecule has 0 unspecified atom stereocenters. The average Bonchev–Trinajstić information content (AvgIpc) is 2.95. The molecule has 0 saturated carbocycles. The number of carbonyl (C=O) groups excluding carboxylic acids is 1. The van der Waals surface area contributed by atoms with Crippen LogP contribution in [-0.2, 0) is 4.79 Å². The Kier molecular flexibility index (Phi) is 4.71. The maximum atomic E-state index is 14.2. The van der Waals surface area contributed by atoms with Gasteiger partial charge in [0.2, 0.25) is 5.91 Å². The van der Waals surface area contributed by atoms with Crippen LogP contribution >= 0.6 is 11.8 Å². The summed E-state index contributed by atoms with van der Waals surface area (Å²) in [5, 5.41) is 2.71. The molecule has 1 heterocycles. The second-order valence-electron chi connectivity index (χ2n) is 5.22. The molecule has 25 heavy (non-hydrogen) atoms. The Morgan fingerprint density at radius 1 is 1.40 bits per heavy atom. The third kappa shape index (κ3) is 3.63. The topological polar surface area (TPSA) is 93.5 Å². The third-order valence-electron chi connectivity index (χ3n) is 3.47. The van der Waals surface area contributed by atoms with E-state index in [2.05, 4.69) is 22.0 Å². The number of oxazole rings is 1. The fourth-order valence-electron chi connectivity index (χ4n) is 2.33. The largest absolute Gasteiger partial charge is 0.421 e. The van der Waals surface area contributed by atoms with Crippen molar-refractivity contribution in [3.63, 3.8) is 0 Å². The number of halogens is 1. The quantitative estimate of drug-likeness (QED) is 0.412. The van der Waals surface area contributed by atoms with Crippen molar-refractivity contribution in [2.75, 3.05) is 11.6 Å². The van der Waals surface area contributed by atoms with Crippen molar-refractivity contribution in [2.45, 2.75) is 11.8 Å². The Morgan fingerprint density at radius 3 is 2.92 bits per heavy atom. The van der Waals surface area contributed by atoms with Gasteiger partial charge in [-0.05, 0) is 42.1 Å². The lowest BCUT2D eigenvalue weighted by Gasteiger charge is -2.09. The van der Waals surface area contributed by atoms with Gasteiger partial charge in [0, 0.05) is 11.8 Å². The van der Waals surface area contributed by atoms with Crippen molar-refractivity contribution >= 4 is 47.2 Å². The molecule has 6 nitrogen and oxygen atoms in total. The van der Waals surface area contributed by atoms with Crippen molar-refractivity contribution in [3.05, 3.63) is 36.1 Å². The number of fused-ring (bicyclic) bond motifs is 1. The molecule has 3 N–H and O–H groups in total. The number of nitrogens with two attached hydrogens (primary N) is 1. The summed E-state index contributed by atoms with van der Waals surface area (Å²) in [6.07, 6.45) is 0. The van der Waals surface area contributed by atoms with Gasteiger partial charge < -0.3 is 15.5 Å². The summed E-state index contributed by atoms with van der Waals surface area (Å²) in [5.41, 5.74) is 7.97. The van der Waals surface area contributed by atoms with E-state index < -0.39 is 5.82 Å². The molecule has 0 radical (unpaired) electrons. The molecule has 0 aliphatic carbocycles. The van der Waals surface area contributed by atoms with Gasteiger partial charge in [-0.1, -0.05) is 6.07 Å². The lowest BCUT2D eigenvalue weighted by molar-refractivity contribution is -0.118. The van der Waals surface area contributed by atoms with Gasteiger partial charge in [0.1, 0.15) is 5.52 Å². The molecule has 1 aromatic heterocycles. The van der Waals surface area contributed by atoms with Crippen LogP contribution in [0.4, 0.5) is 16.1 Å². The molecular formula is C17H15FN4O2S. The molecule has 8 heteroatoms. The molecule has 1 amide bonds. The summed E-state index contributed by atoms with van der Waals surface area (Å²) in [5.74, 6) is -0.253. The molecule has 3 rings (SSSR count). The van der Waals surface area contributed by atoms with E-state index in [4.69, 9.17) is 10.2 Å². The number of nitrogens with zero attached hydrogens (tertiary/aromatic N) is 2. The van der Waals surface area contributed by atoms with E-state index in [1.807, 2.05) is 12.1 Å². The smallest absolute Gasteiger partial charge is 0.293 e. The van der Waals surface area contributed by atoms with Crippen molar-refractivity contribution in [1.29, 1.82) is 0 Å². The van der Waals surface area contributed by atoms with Gasteiger partial charge in [0.25, 0.3) is 6.01 Å². The minimum atomic E-state index is -0.532. The van der Waals surface area contributed by atoms with E-state index in [-0.39, 0.29) is 17.5 Å². The second-order valence-corrected chi connectivity index (χ2v) is 6.24. The highest BCUT2D eigenvalue weighted by atomic mass is 32.2. The van der Waals surface area contributed by atoms with E-state index in [0.29, 0.717) is 22.6 Å². The number of anilines is 1. The monoisotopic (exact) mass is 358 g/mol. The maximum absolute atomic E-state index is 14.2. The second kappa shape index (κ2) is 6.94. The lowest BCUT2D eigenvalue weighted by Crippen LogP contribution is -2.18. The Labute approximate surface area is 147 Å². The molecule has 128 valence electrons. The van der Waals surface area contributed by atoms with Crippen LogP contribution in [0.3, 0.4) is 0 Å². The first-order valence-electron chi connectivity index (χ1n) is 7.32. The van der Waals surface area contributed by atoms with Crippen LogP contribution in [0.25, 0.3) is 22.2 Å². The van der Waals surface area contributed by atoms with Gasteiger partial charge in [-0.3, -0.25) is 9.79 Å². The minimum absolute atomic E-state index is 0.0332. The fraction of sp³-hybridized carbons (Fsp3) is 0.118. The molecule has 0 aliphatic rings. The summed E-state index contributed by atoms with van der Waals surface area (Å²) < 4.78 is 19.3. The standard InChI is InChI=1S/C17H15FN4O2S/c1-9(23)21-8-25-15-7-10(3-4-13(15)20-2)11-5-12(18)16-14(6-11)22-17(19)24-16/h3-7H,2,8H2,1H3,(H2,19,22)(H,21,23). The summed E-state index contributed by atoms with van der Waals surface area (Å²) >= 11 is 1.41.